The minimum absolute atomic E-state index is 0.465. The van der Waals surface area contributed by atoms with Crippen molar-refractivity contribution in [1.82, 2.24) is 9.80 Å². The summed E-state index contributed by atoms with van der Waals surface area (Å²) in [6.07, 6.45) is 5.14. The second kappa shape index (κ2) is 4.60. The van der Waals surface area contributed by atoms with E-state index in [1.54, 1.807) is 0 Å². The van der Waals surface area contributed by atoms with Crippen LogP contribution in [0.25, 0.3) is 0 Å². The van der Waals surface area contributed by atoms with Gasteiger partial charge in [-0.3, -0.25) is 4.90 Å². The van der Waals surface area contributed by atoms with Gasteiger partial charge in [0.25, 0.3) is 0 Å². The summed E-state index contributed by atoms with van der Waals surface area (Å²) in [5.41, 5.74) is 5.92. The maximum Gasteiger partial charge on any atom is 0.0223 e. The molecule has 82 valence electrons. The van der Waals surface area contributed by atoms with Crippen LogP contribution in [0.4, 0.5) is 0 Å². The zero-order chi connectivity index (χ0) is 9.97. The fourth-order valence-electron chi connectivity index (χ4n) is 2.72. The lowest BCUT2D eigenvalue weighted by molar-refractivity contribution is 0.0898. The maximum absolute atomic E-state index is 5.92. The molecule has 0 aliphatic carbocycles. The Morgan fingerprint density at radius 1 is 1.07 bits per heavy atom. The molecule has 2 N–H and O–H groups in total. The van der Waals surface area contributed by atoms with Crippen molar-refractivity contribution in [3.05, 3.63) is 0 Å². The van der Waals surface area contributed by atoms with Crippen molar-refractivity contribution in [1.29, 1.82) is 0 Å². The molecule has 0 amide bonds. The number of nitrogens with zero attached hydrogens (tertiary/aromatic N) is 2. The van der Waals surface area contributed by atoms with E-state index in [4.69, 9.17) is 5.73 Å². The summed E-state index contributed by atoms with van der Waals surface area (Å²) in [7, 11) is 2.24. The Bertz CT molecular complexity index is 175. The largest absolute Gasteiger partial charge is 0.328 e. The molecule has 3 heteroatoms. The Labute approximate surface area is 87.2 Å². The summed E-state index contributed by atoms with van der Waals surface area (Å²) in [5.74, 6) is 0. The van der Waals surface area contributed by atoms with Gasteiger partial charge < -0.3 is 10.6 Å². The van der Waals surface area contributed by atoms with E-state index in [0.717, 1.165) is 6.04 Å². The minimum atomic E-state index is 0.465. The second-order valence-corrected chi connectivity index (χ2v) is 4.93. The summed E-state index contributed by atoms with van der Waals surface area (Å²) in [4.78, 5) is 5.11. The van der Waals surface area contributed by atoms with Crippen LogP contribution < -0.4 is 5.73 Å². The highest BCUT2D eigenvalue weighted by molar-refractivity contribution is 4.83. The van der Waals surface area contributed by atoms with Gasteiger partial charge >= 0.3 is 0 Å². The number of likely N-dealkylation sites (tertiary alicyclic amines) is 2. The van der Waals surface area contributed by atoms with Crippen LogP contribution >= 0.6 is 0 Å². The first-order valence-corrected chi connectivity index (χ1v) is 5.94. The van der Waals surface area contributed by atoms with E-state index in [9.17, 15) is 0 Å². The SMILES string of the molecule is CN1CCCC(N2CCC(N)CC2)C1. The van der Waals surface area contributed by atoms with Crippen LogP contribution in [0.15, 0.2) is 0 Å². The average Bonchev–Trinajstić information content (AvgIpc) is 2.19. The number of hydrogen-bond donors (Lipinski definition) is 1. The van der Waals surface area contributed by atoms with Crippen molar-refractivity contribution < 1.29 is 0 Å². The Morgan fingerprint density at radius 2 is 1.79 bits per heavy atom. The lowest BCUT2D eigenvalue weighted by atomic mass is 9.99. The molecule has 0 bridgehead atoms. The molecule has 2 aliphatic rings. The van der Waals surface area contributed by atoms with Crippen molar-refractivity contribution in [2.75, 3.05) is 33.2 Å². The Kier molecular flexibility index (Phi) is 3.42. The molecule has 0 aromatic carbocycles. The summed E-state index contributed by atoms with van der Waals surface area (Å²) in [6.45, 7) is 4.98. The zero-order valence-electron chi connectivity index (χ0n) is 9.28. The summed E-state index contributed by atoms with van der Waals surface area (Å²) in [5, 5.41) is 0. The highest BCUT2D eigenvalue weighted by atomic mass is 15.2. The fourth-order valence-corrected chi connectivity index (χ4v) is 2.72. The molecule has 0 aromatic rings. The molecule has 0 aromatic heterocycles. The van der Waals surface area contributed by atoms with Gasteiger partial charge in [0, 0.05) is 18.6 Å². The second-order valence-electron chi connectivity index (χ2n) is 4.93. The third-order valence-corrected chi connectivity index (χ3v) is 3.69. The highest BCUT2D eigenvalue weighted by Gasteiger charge is 2.26. The molecular weight excluding hydrogens is 174 g/mol. The third kappa shape index (κ3) is 2.47. The van der Waals surface area contributed by atoms with E-state index < -0.39 is 0 Å². The molecule has 2 aliphatic heterocycles. The van der Waals surface area contributed by atoms with Crippen LogP contribution in [0.3, 0.4) is 0 Å². The van der Waals surface area contributed by atoms with E-state index in [-0.39, 0.29) is 0 Å². The van der Waals surface area contributed by atoms with Gasteiger partial charge in [0.1, 0.15) is 0 Å². The van der Waals surface area contributed by atoms with Gasteiger partial charge in [0.15, 0.2) is 0 Å². The van der Waals surface area contributed by atoms with Gasteiger partial charge in [-0.05, 0) is 52.4 Å². The van der Waals surface area contributed by atoms with Gasteiger partial charge in [-0.2, -0.15) is 0 Å². The van der Waals surface area contributed by atoms with E-state index in [2.05, 4.69) is 16.8 Å². The van der Waals surface area contributed by atoms with Crippen LogP contribution in [0.5, 0.6) is 0 Å². The molecule has 3 nitrogen and oxygen atoms in total. The van der Waals surface area contributed by atoms with E-state index in [1.807, 2.05) is 0 Å². The first kappa shape index (κ1) is 10.4. The van der Waals surface area contributed by atoms with Crippen LogP contribution in [0.1, 0.15) is 25.7 Å². The van der Waals surface area contributed by atoms with Gasteiger partial charge in [-0.15, -0.1) is 0 Å². The monoisotopic (exact) mass is 197 g/mol. The number of piperidine rings is 2. The van der Waals surface area contributed by atoms with Gasteiger partial charge in [0.2, 0.25) is 0 Å². The molecule has 2 fully saturated rings. The Morgan fingerprint density at radius 3 is 2.43 bits per heavy atom. The molecular formula is C11H23N3. The Hall–Kier alpha value is -0.120. The minimum Gasteiger partial charge on any atom is -0.328 e. The lowest BCUT2D eigenvalue weighted by Crippen LogP contribution is -2.51. The molecule has 2 saturated heterocycles. The third-order valence-electron chi connectivity index (χ3n) is 3.69. The van der Waals surface area contributed by atoms with Crippen LogP contribution in [-0.4, -0.2) is 55.1 Å². The van der Waals surface area contributed by atoms with E-state index in [0.29, 0.717) is 6.04 Å². The first-order chi connectivity index (χ1) is 6.75. The van der Waals surface area contributed by atoms with Gasteiger partial charge in [0.05, 0.1) is 0 Å². The normalized spacial score (nSPS) is 33.4. The van der Waals surface area contributed by atoms with Gasteiger partial charge in [-0.1, -0.05) is 0 Å². The average molecular weight is 197 g/mol. The molecule has 0 radical (unpaired) electrons. The van der Waals surface area contributed by atoms with Crippen LogP contribution in [0.2, 0.25) is 0 Å². The summed E-state index contributed by atoms with van der Waals surface area (Å²) < 4.78 is 0. The molecule has 1 unspecified atom stereocenters. The number of likely N-dealkylation sites (N-methyl/N-ethyl adjacent to an activating group) is 1. The zero-order valence-corrected chi connectivity index (χ0v) is 9.28. The van der Waals surface area contributed by atoms with Crippen molar-refractivity contribution in [3.63, 3.8) is 0 Å². The topological polar surface area (TPSA) is 32.5 Å². The van der Waals surface area contributed by atoms with Crippen molar-refractivity contribution in [2.45, 2.75) is 37.8 Å². The summed E-state index contributed by atoms with van der Waals surface area (Å²) in [6, 6.07) is 1.27. The van der Waals surface area contributed by atoms with Crippen molar-refractivity contribution in [3.8, 4) is 0 Å². The molecule has 14 heavy (non-hydrogen) atoms. The van der Waals surface area contributed by atoms with Crippen molar-refractivity contribution >= 4 is 0 Å². The number of hydrogen-bond acceptors (Lipinski definition) is 3. The Balaban J connectivity index is 1.82. The lowest BCUT2D eigenvalue weighted by Gasteiger charge is -2.41. The number of nitrogens with two attached hydrogens (primary N) is 1. The molecule has 2 heterocycles. The van der Waals surface area contributed by atoms with E-state index >= 15 is 0 Å². The van der Waals surface area contributed by atoms with Crippen LogP contribution in [0, 0.1) is 0 Å². The molecule has 0 saturated carbocycles. The quantitative estimate of drug-likeness (QED) is 0.664. The fraction of sp³-hybridized carbons (Fsp3) is 1.00. The molecule has 2 rings (SSSR count). The number of rotatable bonds is 1. The van der Waals surface area contributed by atoms with E-state index in [1.165, 1.54) is 51.9 Å². The van der Waals surface area contributed by atoms with Crippen LogP contribution in [-0.2, 0) is 0 Å². The molecule has 1 atom stereocenters. The van der Waals surface area contributed by atoms with Gasteiger partial charge in [-0.25, -0.2) is 0 Å². The smallest absolute Gasteiger partial charge is 0.0223 e. The van der Waals surface area contributed by atoms with Crippen molar-refractivity contribution in [2.24, 2.45) is 5.73 Å². The first-order valence-electron chi connectivity index (χ1n) is 5.94. The molecule has 0 spiro atoms. The standard InChI is InChI=1S/C11H23N3/c1-13-6-2-3-11(9-13)14-7-4-10(12)5-8-14/h10-11H,2-9,12H2,1H3. The summed E-state index contributed by atoms with van der Waals surface area (Å²) >= 11 is 0. The predicted molar refractivity (Wildman–Crippen MR) is 59.3 cm³/mol. The highest BCUT2D eigenvalue weighted by Crippen LogP contribution is 2.18. The maximum atomic E-state index is 5.92. The predicted octanol–water partition coefficient (Wildman–Crippen LogP) is 0.504.